The summed E-state index contributed by atoms with van der Waals surface area (Å²) in [4.78, 5) is 23.2. The summed E-state index contributed by atoms with van der Waals surface area (Å²) in [5, 5.41) is 32.5. The molecule has 3 aromatic rings. The molecular weight excluding hydrogens is 474 g/mol. The van der Waals surface area contributed by atoms with Crippen LogP contribution in [0, 0.1) is 0 Å². The first-order valence-electron chi connectivity index (χ1n) is 10.9. The number of alkyl carbamates (subject to hydrolysis) is 1. The zero-order valence-electron chi connectivity index (χ0n) is 18.6. The highest BCUT2D eigenvalue weighted by atomic mass is 35.5. The highest BCUT2D eigenvalue weighted by Gasteiger charge is 2.29. The van der Waals surface area contributed by atoms with Crippen molar-refractivity contribution in [2.24, 2.45) is 0 Å². The molecule has 2 atom stereocenters. The van der Waals surface area contributed by atoms with Crippen LogP contribution in [0.2, 0.25) is 5.02 Å². The molecule has 8 nitrogen and oxygen atoms in total. The van der Waals surface area contributed by atoms with Crippen molar-refractivity contribution in [1.82, 2.24) is 5.32 Å². The summed E-state index contributed by atoms with van der Waals surface area (Å²) in [7, 11) is 0. The molecule has 0 saturated carbocycles. The highest BCUT2D eigenvalue weighted by molar-refractivity contribution is 6.30. The van der Waals surface area contributed by atoms with Crippen LogP contribution in [0.4, 0.5) is 4.79 Å². The number of benzene rings is 3. The molecule has 4 N–H and O–H groups in total. The SMILES string of the molecule is O=C(O)COc1cc(Cl)ccc1C(O)C(O)CNC(=O)OCC1c2ccccc2-c2ccccc21. The third kappa shape index (κ3) is 5.57. The van der Waals surface area contributed by atoms with Crippen molar-refractivity contribution in [1.29, 1.82) is 0 Å². The van der Waals surface area contributed by atoms with E-state index >= 15 is 0 Å². The van der Waals surface area contributed by atoms with Crippen LogP contribution in [0.5, 0.6) is 5.75 Å². The largest absolute Gasteiger partial charge is 0.481 e. The van der Waals surface area contributed by atoms with Crippen molar-refractivity contribution in [2.75, 3.05) is 19.8 Å². The fourth-order valence-electron chi connectivity index (χ4n) is 4.17. The van der Waals surface area contributed by atoms with Gasteiger partial charge in [0.05, 0.1) is 0 Å². The minimum absolute atomic E-state index is 0.0209. The topological polar surface area (TPSA) is 125 Å². The number of rotatable bonds is 9. The van der Waals surface area contributed by atoms with E-state index in [4.69, 9.17) is 26.2 Å². The monoisotopic (exact) mass is 497 g/mol. The minimum atomic E-state index is -1.47. The molecule has 1 amide bonds. The normalized spacial score (nSPS) is 13.9. The standard InChI is InChI=1S/C26H24ClNO7/c27-15-9-10-20(23(11-15)34-14-24(30)31)25(32)22(29)12-28-26(33)35-13-21-18-7-3-1-5-16(18)17-6-2-4-8-19(17)21/h1-11,21-22,25,29,32H,12-14H2,(H,28,33)(H,30,31). The van der Waals surface area contributed by atoms with Crippen LogP contribution in [0.15, 0.2) is 66.7 Å². The van der Waals surface area contributed by atoms with Gasteiger partial charge in [0.15, 0.2) is 6.61 Å². The molecule has 35 heavy (non-hydrogen) atoms. The van der Waals surface area contributed by atoms with Gasteiger partial charge in [-0.3, -0.25) is 0 Å². The quantitative estimate of drug-likeness (QED) is 0.355. The Morgan fingerprint density at radius 1 is 0.971 bits per heavy atom. The summed E-state index contributed by atoms with van der Waals surface area (Å²) < 4.78 is 10.6. The molecule has 1 aliphatic carbocycles. The van der Waals surface area contributed by atoms with Crippen molar-refractivity contribution in [3.8, 4) is 16.9 Å². The molecule has 182 valence electrons. The molecule has 4 rings (SSSR count). The van der Waals surface area contributed by atoms with Gasteiger partial charge in [0.2, 0.25) is 0 Å². The number of hydrogen-bond acceptors (Lipinski definition) is 6. The van der Waals surface area contributed by atoms with Gasteiger partial charge in [-0.25, -0.2) is 9.59 Å². The van der Waals surface area contributed by atoms with Gasteiger partial charge in [-0.2, -0.15) is 0 Å². The van der Waals surface area contributed by atoms with Crippen molar-refractivity contribution >= 4 is 23.7 Å². The number of halogens is 1. The fraction of sp³-hybridized carbons (Fsp3) is 0.231. The number of carbonyl (C=O) groups excluding carboxylic acids is 1. The van der Waals surface area contributed by atoms with E-state index in [1.54, 1.807) is 0 Å². The lowest BCUT2D eigenvalue weighted by atomic mass is 9.98. The fourth-order valence-corrected chi connectivity index (χ4v) is 4.34. The van der Waals surface area contributed by atoms with Crippen LogP contribution in [0.25, 0.3) is 11.1 Å². The van der Waals surface area contributed by atoms with Crippen LogP contribution < -0.4 is 10.1 Å². The maximum Gasteiger partial charge on any atom is 0.407 e. The van der Waals surface area contributed by atoms with E-state index < -0.39 is 30.9 Å². The number of fused-ring (bicyclic) bond motifs is 3. The number of ether oxygens (including phenoxy) is 2. The number of nitrogens with one attached hydrogen (secondary N) is 1. The van der Waals surface area contributed by atoms with E-state index in [2.05, 4.69) is 5.32 Å². The molecule has 0 saturated heterocycles. The lowest BCUT2D eigenvalue weighted by molar-refractivity contribution is -0.139. The van der Waals surface area contributed by atoms with E-state index in [1.807, 2.05) is 48.5 Å². The van der Waals surface area contributed by atoms with E-state index in [9.17, 15) is 19.8 Å². The molecule has 0 spiro atoms. The Hall–Kier alpha value is -3.59. The Kier molecular flexibility index (Phi) is 7.55. The average Bonchev–Trinajstić information content (AvgIpc) is 3.18. The van der Waals surface area contributed by atoms with Gasteiger partial charge in [0.1, 0.15) is 24.6 Å². The Morgan fingerprint density at radius 2 is 1.60 bits per heavy atom. The lowest BCUT2D eigenvalue weighted by Crippen LogP contribution is -2.36. The van der Waals surface area contributed by atoms with Gasteiger partial charge >= 0.3 is 12.1 Å². The molecule has 0 radical (unpaired) electrons. The summed E-state index contributed by atoms with van der Waals surface area (Å²) in [5.41, 5.74) is 4.51. The van der Waals surface area contributed by atoms with Crippen LogP contribution in [-0.4, -0.2) is 53.2 Å². The predicted molar refractivity (Wildman–Crippen MR) is 129 cm³/mol. The maximum absolute atomic E-state index is 12.3. The Balaban J connectivity index is 1.35. The number of aliphatic carboxylic acids is 1. The second-order valence-corrected chi connectivity index (χ2v) is 8.52. The lowest BCUT2D eigenvalue weighted by Gasteiger charge is -2.21. The highest BCUT2D eigenvalue weighted by Crippen LogP contribution is 2.44. The number of amides is 1. The molecule has 0 heterocycles. The molecule has 0 aliphatic heterocycles. The first kappa shape index (κ1) is 24.5. The molecule has 0 fully saturated rings. The van der Waals surface area contributed by atoms with Crippen molar-refractivity contribution in [3.63, 3.8) is 0 Å². The average molecular weight is 498 g/mol. The van der Waals surface area contributed by atoms with Crippen molar-refractivity contribution in [2.45, 2.75) is 18.1 Å². The first-order chi connectivity index (χ1) is 16.8. The summed E-state index contributed by atoms with van der Waals surface area (Å²) in [6.07, 6.45) is -3.62. The van der Waals surface area contributed by atoms with Gasteiger partial charge < -0.3 is 30.1 Å². The zero-order chi connectivity index (χ0) is 24.9. The molecular formula is C26H24ClNO7. The first-order valence-corrected chi connectivity index (χ1v) is 11.3. The predicted octanol–water partition coefficient (Wildman–Crippen LogP) is 3.74. The smallest absolute Gasteiger partial charge is 0.407 e. The van der Waals surface area contributed by atoms with Gasteiger partial charge in [0.25, 0.3) is 0 Å². The number of carboxylic acids is 1. The number of carboxylic acid groups (broad SMARTS) is 1. The maximum atomic E-state index is 12.3. The second kappa shape index (κ2) is 10.8. The van der Waals surface area contributed by atoms with Crippen molar-refractivity contribution < 1.29 is 34.4 Å². The van der Waals surface area contributed by atoms with Gasteiger partial charge in [0, 0.05) is 23.0 Å². The minimum Gasteiger partial charge on any atom is -0.481 e. The molecule has 1 aliphatic rings. The van der Waals surface area contributed by atoms with E-state index in [0.717, 1.165) is 22.3 Å². The van der Waals surface area contributed by atoms with Crippen molar-refractivity contribution in [3.05, 3.63) is 88.4 Å². The van der Waals surface area contributed by atoms with Crippen LogP contribution >= 0.6 is 11.6 Å². The molecule has 3 aromatic carbocycles. The third-order valence-corrected chi connectivity index (χ3v) is 6.04. The van der Waals surface area contributed by atoms with E-state index in [0.29, 0.717) is 0 Å². The number of aliphatic hydroxyl groups excluding tert-OH is 2. The second-order valence-electron chi connectivity index (χ2n) is 8.08. The number of carbonyl (C=O) groups is 2. The number of aliphatic hydroxyl groups is 2. The summed E-state index contributed by atoms with van der Waals surface area (Å²) in [6.45, 7) is -0.837. The Bertz CT molecular complexity index is 1190. The van der Waals surface area contributed by atoms with E-state index in [1.165, 1.54) is 18.2 Å². The molecule has 0 aromatic heterocycles. The van der Waals surface area contributed by atoms with E-state index in [-0.39, 0.29) is 35.4 Å². The van der Waals surface area contributed by atoms with Gasteiger partial charge in [-0.05, 0) is 34.4 Å². The Morgan fingerprint density at radius 3 is 2.23 bits per heavy atom. The van der Waals surface area contributed by atoms with Crippen LogP contribution in [0.1, 0.15) is 28.7 Å². The van der Waals surface area contributed by atoms with Crippen LogP contribution in [-0.2, 0) is 9.53 Å². The zero-order valence-corrected chi connectivity index (χ0v) is 19.3. The van der Waals surface area contributed by atoms with Gasteiger partial charge in [-0.15, -0.1) is 0 Å². The number of hydrogen-bond donors (Lipinski definition) is 4. The summed E-state index contributed by atoms with van der Waals surface area (Å²) >= 11 is 5.93. The Labute approximate surface area is 206 Å². The summed E-state index contributed by atoms with van der Waals surface area (Å²) in [6, 6.07) is 20.2. The molecule has 2 unspecified atom stereocenters. The molecule has 9 heteroatoms. The third-order valence-electron chi connectivity index (χ3n) is 5.81. The van der Waals surface area contributed by atoms with Gasteiger partial charge in [-0.1, -0.05) is 66.2 Å². The van der Waals surface area contributed by atoms with Crippen LogP contribution in [0.3, 0.4) is 0 Å². The summed E-state index contributed by atoms with van der Waals surface area (Å²) in [5.74, 6) is -1.29. The molecule has 0 bridgehead atoms.